The summed E-state index contributed by atoms with van der Waals surface area (Å²) in [6.45, 7) is 2.77. The van der Waals surface area contributed by atoms with Gasteiger partial charge in [-0.3, -0.25) is 19.2 Å². The average molecular weight is 1060 g/mol. The number of primary amides is 4. The van der Waals surface area contributed by atoms with Crippen molar-refractivity contribution >= 4 is 113 Å². The smallest absolute Gasteiger partial charge is 0.243 e. The molecule has 28 heteroatoms. The first kappa shape index (κ1) is 53.7. The Bertz CT molecular complexity index is 3010. The third-order valence-corrected chi connectivity index (χ3v) is 14.5. The number of halogens is 2. The molecule has 4 amide bonds. The van der Waals surface area contributed by atoms with Crippen LogP contribution in [0.15, 0.2) is 94.7 Å². The maximum absolute atomic E-state index is 13.6. The summed E-state index contributed by atoms with van der Waals surface area (Å²) in [5, 5.41) is 11.9. The number of hydrogen-bond acceptors (Lipinski definition) is 18. The van der Waals surface area contributed by atoms with E-state index in [9.17, 15) is 36.0 Å². The van der Waals surface area contributed by atoms with E-state index in [2.05, 4.69) is 51.2 Å². The van der Waals surface area contributed by atoms with Gasteiger partial charge in [0.25, 0.3) is 0 Å². The zero-order valence-electron chi connectivity index (χ0n) is 38.5. The first-order chi connectivity index (χ1) is 34.0. The third kappa shape index (κ3) is 14.7. The van der Waals surface area contributed by atoms with E-state index in [0.29, 0.717) is 11.4 Å². The van der Waals surface area contributed by atoms with Crippen molar-refractivity contribution in [3.05, 3.63) is 107 Å². The lowest BCUT2D eigenvalue weighted by Gasteiger charge is -2.21. The quantitative estimate of drug-likeness (QED) is 0.0400. The molecule has 24 nitrogen and oxygen atoms in total. The highest BCUT2D eigenvalue weighted by molar-refractivity contribution is 7.89. The number of nitrogens with two attached hydrogens (primary N) is 4. The molecule has 2 aromatic heterocycles. The standard InChI is InChI=1S/C44H48Cl2N16O8S2/c1-25-21-27(9-11-33(25)53-43-57-39(45)55-41(59-43)51-29-5-3-7-31(23-29)71(67,68)61(17-13-35(47)63)18-14-36(48)64)28-10-12-34(26(2)22-28)54-44-58-40(46)56-42(60-44)52-30-6-4-8-32(24-30)72(69,70)62(19-15-37(49)65)20-16-38(50)66/h3-12,21-24H,13-20H2,1-2H3,(H2,47,63)(H2,48,64)(H2,49,65)(H2,50,66)(H2,51,53,55,57,59)(H2,52,54,56,58,60). The van der Waals surface area contributed by atoms with Crippen molar-refractivity contribution in [2.45, 2.75) is 49.3 Å². The number of aryl methyl sites for hydroxylation is 2. The van der Waals surface area contributed by atoms with Crippen LogP contribution < -0.4 is 44.2 Å². The van der Waals surface area contributed by atoms with E-state index in [-0.39, 0.29) is 107 Å². The SMILES string of the molecule is Cc1cc(-c2ccc(Nc3nc(Cl)nc(Nc4cccc(S(=O)(=O)N(CCC(N)=O)CCC(N)=O)c4)n3)c(C)c2)ccc1Nc1nc(Cl)nc(Nc2cccc(S(=O)(=O)N(CCC(N)=O)CCC(N)=O)c2)n1. The number of anilines is 8. The fourth-order valence-electron chi connectivity index (χ4n) is 6.80. The fraction of sp³-hybridized carbons (Fsp3) is 0.227. The molecule has 0 aliphatic heterocycles. The summed E-state index contributed by atoms with van der Waals surface area (Å²) in [7, 11) is -8.39. The predicted octanol–water partition coefficient (Wildman–Crippen LogP) is 4.10. The maximum atomic E-state index is 13.6. The zero-order chi connectivity index (χ0) is 52.3. The van der Waals surface area contributed by atoms with Gasteiger partial charge in [0.2, 0.25) is 78.0 Å². The third-order valence-electron chi connectivity index (χ3n) is 10.4. The highest BCUT2D eigenvalue weighted by Crippen LogP contribution is 2.31. The molecule has 0 radical (unpaired) electrons. The van der Waals surface area contributed by atoms with E-state index in [1.165, 1.54) is 36.4 Å². The molecule has 4 aromatic carbocycles. The lowest BCUT2D eigenvalue weighted by atomic mass is 10.00. The molecule has 6 rings (SSSR count). The van der Waals surface area contributed by atoms with Gasteiger partial charge in [-0.1, -0.05) is 24.3 Å². The molecule has 0 bridgehead atoms. The molecule has 0 aliphatic rings. The Kier molecular flexibility index (Phi) is 17.6. The molecule has 0 saturated heterocycles. The summed E-state index contributed by atoms with van der Waals surface area (Å²) >= 11 is 12.6. The molecular weight excluding hydrogens is 1020 g/mol. The molecule has 6 aromatic rings. The van der Waals surface area contributed by atoms with Crippen molar-refractivity contribution in [3.8, 4) is 11.1 Å². The molecule has 0 spiro atoms. The molecule has 0 atom stereocenters. The normalized spacial score (nSPS) is 11.6. The van der Waals surface area contributed by atoms with Gasteiger partial charge in [0, 0.05) is 74.6 Å². The molecular formula is C44H48Cl2N16O8S2. The molecule has 378 valence electrons. The van der Waals surface area contributed by atoms with Crippen LogP contribution in [-0.2, 0) is 39.2 Å². The Morgan fingerprint density at radius 1 is 0.472 bits per heavy atom. The first-order valence-corrected chi connectivity index (χ1v) is 25.2. The van der Waals surface area contributed by atoms with E-state index < -0.39 is 43.7 Å². The van der Waals surface area contributed by atoms with E-state index in [4.69, 9.17) is 46.1 Å². The van der Waals surface area contributed by atoms with Crippen molar-refractivity contribution in [3.63, 3.8) is 0 Å². The van der Waals surface area contributed by atoms with Gasteiger partial charge in [-0.2, -0.15) is 38.5 Å². The largest absolute Gasteiger partial charge is 0.370 e. The van der Waals surface area contributed by atoms with Gasteiger partial charge in [-0.05, 0) is 120 Å². The molecule has 0 unspecified atom stereocenters. The Hall–Kier alpha value is -7.62. The fourth-order valence-corrected chi connectivity index (χ4v) is 10.1. The highest BCUT2D eigenvalue weighted by Gasteiger charge is 2.27. The first-order valence-electron chi connectivity index (χ1n) is 21.5. The number of aromatic nitrogens is 6. The number of carbonyl (C=O) groups is 4. The number of sulfonamides is 2. The van der Waals surface area contributed by atoms with E-state index in [1.54, 1.807) is 12.1 Å². The van der Waals surface area contributed by atoms with Gasteiger partial charge < -0.3 is 44.2 Å². The van der Waals surface area contributed by atoms with Gasteiger partial charge >= 0.3 is 0 Å². The Balaban J connectivity index is 1.13. The Morgan fingerprint density at radius 3 is 1.10 bits per heavy atom. The van der Waals surface area contributed by atoms with Gasteiger partial charge in [0.05, 0.1) is 9.79 Å². The number of amides is 4. The zero-order valence-corrected chi connectivity index (χ0v) is 41.6. The van der Waals surface area contributed by atoms with Crippen LogP contribution in [-0.4, -0.2) is 105 Å². The van der Waals surface area contributed by atoms with Crippen LogP contribution in [0.5, 0.6) is 0 Å². The van der Waals surface area contributed by atoms with Crippen LogP contribution >= 0.6 is 23.2 Å². The Morgan fingerprint density at radius 2 is 0.792 bits per heavy atom. The van der Waals surface area contributed by atoms with Crippen LogP contribution in [0, 0.1) is 13.8 Å². The van der Waals surface area contributed by atoms with Crippen LogP contribution in [0.3, 0.4) is 0 Å². The van der Waals surface area contributed by atoms with Gasteiger partial charge in [0.1, 0.15) is 0 Å². The minimum atomic E-state index is -4.19. The monoisotopic (exact) mass is 1060 g/mol. The highest BCUT2D eigenvalue weighted by atomic mass is 35.5. The van der Waals surface area contributed by atoms with Crippen LogP contribution in [0.2, 0.25) is 10.6 Å². The lowest BCUT2D eigenvalue weighted by Crippen LogP contribution is -2.36. The van der Waals surface area contributed by atoms with E-state index in [1.807, 2.05) is 50.2 Å². The molecule has 72 heavy (non-hydrogen) atoms. The average Bonchev–Trinajstić information content (AvgIpc) is 3.29. The maximum Gasteiger partial charge on any atom is 0.243 e. The van der Waals surface area contributed by atoms with E-state index in [0.717, 1.165) is 30.9 Å². The van der Waals surface area contributed by atoms with Crippen LogP contribution in [0.4, 0.5) is 46.5 Å². The van der Waals surface area contributed by atoms with Gasteiger partial charge in [0.15, 0.2) is 0 Å². The van der Waals surface area contributed by atoms with E-state index >= 15 is 0 Å². The second-order valence-corrected chi connectivity index (χ2v) is 20.3. The number of rotatable bonds is 25. The second kappa shape index (κ2) is 23.5. The summed E-state index contributed by atoms with van der Waals surface area (Å²) < 4.78 is 56.1. The van der Waals surface area contributed by atoms with Crippen molar-refractivity contribution in [2.75, 3.05) is 47.4 Å². The minimum absolute atomic E-state index is 0.00192. The molecule has 0 saturated carbocycles. The van der Waals surface area contributed by atoms with Crippen molar-refractivity contribution in [1.29, 1.82) is 0 Å². The van der Waals surface area contributed by atoms with Crippen LogP contribution in [0.1, 0.15) is 36.8 Å². The Labute approximate surface area is 423 Å². The van der Waals surface area contributed by atoms with Crippen molar-refractivity contribution in [2.24, 2.45) is 22.9 Å². The lowest BCUT2D eigenvalue weighted by molar-refractivity contribution is -0.119. The predicted molar refractivity (Wildman–Crippen MR) is 270 cm³/mol. The topological polar surface area (TPSA) is 373 Å². The molecule has 0 fully saturated rings. The summed E-state index contributed by atoms with van der Waals surface area (Å²) in [5.74, 6) is -2.69. The number of hydrogen-bond donors (Lipinski definition) is 8. The summed E-state index contributed by atoms with van der Waals surface area (Å²) in [5.41, 5.74) is 26.3. The van der Waals surface area contributed by atoms with Gasteiger partial charge in [-0.15, -0.1) is 0 Å². The molecule has 12 N–H and O–H groups in total. The number of benzene rings is 4. The van der Waals surface area contributed by atoms with Crippen LogP contribution in [0.25, 0.3) is 11.1 Å². The minimum Gasteiger partial charge on any atom is -0.370 e. The van der Waals surface area contributed by atoms with Crippen molar-refractivity contribution < 1.29 is 36.0 Å². The number of nitrogens with one attached hydrogen (secondary N) is 4. The number of carbonyl (C=O) groups excluding carboxylic acids is 4. The number of nitrogens with zero attached hydrogens (tertiary/aromatic N) is 8. The molecule has 2 heterocycles. The summed E-state index contributed by atoms with van der Waals surface area (Å²) in [6.07, 6.45) is -1.06. The summed E-state index contributed by atoms with van der Waals surface area (Å²) in [6, 6.07) is 22.9. The molecule has 0 aliphatic carbocycles. The second-order valence-electron chi connectivity index (χ2n) is 15.8. The summed E-state index contributed by atoms with van der Waals surface area (Å²) in [4.78, 5) is 71.0. The van der Waals surface area contributed by atoms with Gasteiger partial charge in [-0.25, -0.2) is 16.8 Å². The van der Waals surface area contributed by atoms with Crippen molar-refractivity contribution in [1.82, 2.24) is 38.5 Å².